The van der Waals surface area contributed by atoms with Crippen molar-refractivity contribution in [3.8, 4) is 0 Å². The minimum Gasteiger partial charge on any atom is -0.369 e. The molecular weight excluding hydrogens is 251 g/mol. The topological polar surface area (TPSA) is 113 Å². The molecule has 0 unspecified atom stereocenters. The van der Waals surface area contributed by atoms with Crippen LogP contribution in [0.4, 0.5) is 10.3 Å². The molecule has 0 aliphatic heterocycles. The van der Waals surface area contributed by atoms with Gasteiger partial charge in [0, 0.05) is 18.2 Å². The molecular formula is C11H9FN6O. The van der Waals surface area contributed by atoms with E-state index in [0.717, 1.165) is 0 Å². The molecule has 19 heavy (non-hydrogen) atoms. The number of aromatic amines is 2. The zero-order valence-electron chi connectivity index (χ0n) is 9.64. The summed E-state index contributed by atoms with van der Waals surface area (Å²) in [6, 6.07) is 3.23. The largest absolute Gasteiger partial charge is 0.369 e. The van der Waals surface area contributed by atoms with Gasteiger partial charge in [-0.2, -0.15) is 9.37 Å². The van der Waals surface area contributed by atoms with E-state index in [1.165, 1.54) is 6.20 Å². The lowest BCUT2D eigenvalue weighted by molar-refractivity contribution is 0.569. The van der Waals surface area contributed by atoms with Crippen LogP contribution in [0.5, 0.6) is 0 Å². The summed E-state index contributed by atoms with van der Waals surface area (Å²) in [5.74, 6) is -0.155. The number of anilines is 1. The Labute approximate surface area is 105 Å². The molecule has 0 aromatic carbocycles. The average molecular weight is 260 g/mol. The second-order valence-electron chi connectivity index (χ2n) is 3.96. The Morgan fingerprint density at radius 2 is 2.16 bits per heavy atom. The first-order chi connectivity index (χ1) is 9.13. The second kappa shape index (κ2) is 4.16. The van der Waals surface area contributed by atoms with Crippen molar-refractivity contribution >= 4 is 17.1 Å². The van der Waals surface area contributed by atoms with Crippen LogP contribution in [0.1, 0.15) is 11.4 Å². The summed E-state index contributed by atoms with van der Waals surface area (Å²) in [5, 5.41) is 0. The van der Waals surface area contributed by atoms with Gasteiger partial charge in [0.05, 0.1) is 0 Å². The van der Waals surface area contributed by atoms with E-state index >= 15 is 0 Å². The number of hydrogen-bond donors (Lipinski definition) is 3. The summed E-state index contributed by atoms with van der Waals surface area (Å²) >= 11 is 0. The molecule has 3 aromatic rings. The fraction of sp³-hybridized carbons (Fsp3) is 0.0909. The molecule has 0 saturated heterocycles. The molecule has 8 heteroatoms. The number of hydrogen-bond acceptors (Lipinski definition) is 5. The summed E-state index contributed by atoms with van der Waals surface area (Å²) in [4.78, 5) is 28.3. The van der Waals surface area contributed by atoms with Crippen LogP contribution in [0.25, 0.3) is 11.2 Å². The van der Waals surface area contributed by atoms with Gasteiger partial charge in [-0.05, 0) is 6.07 Å². The third-order valence-electron chi connectivity index (χ3n) is 2.62. The minimum atomic E-state index is -0.565. The van der Waals surface area contributed by atoms with E-state index in [1.54, 1.807) is 12.1 Å². The van der Waals surface area contributed by atoms with Gasteiger partial charge in [0.1, 0.15) is 5.82 Å². The smallest absolute Gasteiger partial charge is 0.278 e. The summed E-state index contributed by atoms with van der Waals surface area (Å²) in [5.41, 5.74) is 5.82. The van der Waals surface area contributed by atoms with Crippen LogP contribution in [-0.2, 0) is 6.42 Å². The lowest BCUT2D eigenvalue weighted by Crippen LogP contribution is -2.10. The van der Waals surface area contributed by atoms with Gasteiger partial charge in [0.15, 0.2) is 11.2 Å². The number of halogens is 1. The van der Waals surface area contributed by atoms with E-state index in [1.807, 2.05) is 0 Å². The first-order valence-electron chi connectivity index (χ1n) is 5.47. The lowest BCUT2D eigenvalue weighted by atomic mass is 10.2. The van der Waals surface area contributed by atoms with Crippen molar-refractivity contribution in [2.45, 2.75) is 6.42 Å². The first-order valence-corrected chi connectivity index (χ1v) is 5.47. The molecule has 96 valence electrons. The molecule has 7 nitrogen and oxygen atoms in total. The van der Waals surface area contributed by atoms with Crippen molar-refractivity contribution < 1.29 is 4.39 Å². The number of nitrogens with two attached hydrogens (primary N) is 1. The van der Waals surface area contributed by atoms with Crippen molar-refractivity contribution in [3.63, 3.8) is 0 Å². The van der Waals surface area contributed by atoms with Gasteiger partial charge in [-0.25, -0.2) is 9.97 Å². The Bertz CT molecular complexity index is 808. The molecule has 4 N–H and O–H groups in total. The zero-order chi connectivity index (χ0) is 13.4. The van der Waals surface area contributed by atoms with Crippen molar-refractivity contribution in [1.82, 2.24) is 24.9 Å². The Kier molecular flexibility index (Phi) is 2.48. The number of nitrogen functional groups attached to an aromatic ring is 1. The van der Waals surface area contributed by atoms with Crippen molar-refractivity contribution in [2.75, 3.05) is 5.73 Å². The van der Waals surface area contributed by atoms with Crippen molar-refractivity contribution in [2.24, 2.45) is 0 Å². The number of rotatable bonds is 2. The highest BCUT2D eigenvalue weighted by molar-refractivity contribution is 5.70. The molecule has 0 aliphatic rings. The van der Waals surface area contributed by atoms with Crippen LogP contribution >= 0.6 is 0 Å². The molecule has 0 saturated carbocycles. The normalized spacial score (nSPS) is 11.0. The maximum atomic E-state index is 13.4. The van der Waals surface area contributed by atoms with Crippen LogP contribution < -0.4 is 11.3 Å². The summed E-state index contributed by atoms with van der Waals surface area (Å²) in [7, 11) is 0. The second-order valence-corrected chi connectivity index (χ2v) is 3.96. The maximum Gasteiger partial charge on any atom is 0.278 e. The van der Waals surface area contributed by atoms with Crippen LogP contribution in [-0.4, -0.2) is 24.9 Å². The molecule has 3 aromatic heterocycles. The molecule has 0 fully saturated rings. The highest BCUT2D eigenvalue weighted by Crippen LogP contribution is 2.11. The van der Waals surface area contributed by atoms with E-state index in [-0.39, 0.29) is 23.5 Å². The zero-order valence-corrected chi connectivity index (χ0v) is 9.64. The predicted octanol–water partition coefficient (Wildman–Crippen LogP) is 0.353. The number of pyridine rings is 1. The van der Waals surface area contributed by atoms with Gasteiger partial charge in [-0.3, -0.25) is 9.78 Å². The monoisotopic (exact) mass is 260 g/mol. The quantitative estimate of drug-likeness (QED) is 0.575. The Morgan fingerprint density at radius 3 is 2.95 bits per heavy atom. The number of H-pyrrole nitrogens is 2. The van der Waals surface area contributed by atoms with E-state index in [9.17, 15) is 9.18 Å². The third kappa shape index (κ3) is 2.03. The van der Waals surface area contributed by atoms with Gasteiger partial charge in [0.2, 0.25) is 11.9 Å². The van der Waals surface area contributed by atoms with Gasteiger partial charge < -0.3 is 10.7 Å². The molecule has 3 rings (SSSR count). The van der Waals surface area contributed by atoms with Gasteiger partial charge in [-0.1, -0.05) is 6.07 Å². The average Bonchev–Trinajstić information content (AvgIpc) is 2.75. The van der Waals surface area contributed by atoms with Crippen LogP contribution in [0.2, 0.25) is 0 Å². The summed E-state index contributed by atoms with van der Waals surface area (Å²) in [6.45, 7) is 0. The fourth-order valence-electron chi connectivity index (χ4n) is 1.79. The fourth-order valence-corrected chi connectivity index (χ4v) is 1.79. The first kappa shape index (κ1) is 11.3. The molecule has 3 heterocycles. The number of nitrogens with zero attached hydrogens (tertiary/aromatic N) is 3. The molecule has 0 radical (unpaired) electrons. The molecule has 0 bridgehead atoms. The predicted molar refractivity (Wildman–Crippen MR) is 65.9 cm³/mol. The number of imidazole rings is 1. The van der Waals surface area contributed by atoms with E-state index in [0.29, 0.717) is 11.4 Å². The van der Waals surface area contributed by atoms with Gasteiger partial charge in [0.25, 0.3) is 5.56 Å². The molecule has 0 aliphatic carbocycles. The number of aromatic nitrogens is 5. The molecule has 0 atom stereocenters. The van der Waals surface area contributed by atoms with Crippen LogP contribution in [0, 0.1) is 5.95 Å². The number of fused-ring (bicyclic) bond motifs is 1. The Morgan fingerprint density at radius 1 is 1.32 bits per heavy atom. The van der Waals surface area contributed by atoms with E-state index < -0.39 is 11.5 Å². The molecule has 0 spiro atoms. The lowest BCUT2D eigenvalue weighted by Gasteiger charge is -1.98. The summed E-state index contributed by atoms with van der Waals surface area (Å²) < 4.78 is 13.4. The summed E-state index contributed by atoms with van der Waals surface area (Å²) in [6.07, 6.45) is 1.56. The van der Waals surface area contributed by atoms with E-state index in [4.69, 9.17) is 5.73 Å². The van der Waals surface area contributed by atoms with Crippen LogP contribution in [0.15, 0.2) is 23.1 Å². The van der Waals surface area contributed by atoms with Gasteiger partial charge >= 0.3 is 0 Å². The maximum absolute atomic E-state index is 13.4. The number of nitrogens with one attached hydrogen (secondary N) is 2. The van der Waals surface area contributed by atoms with Gasteiger partial charge in [-0.15, -0.1) is 0 Å². The highest BCUT2D eigenvalue weighted by Gasteiger charge is 2.11. The van der Waals surface area contributed by atoms with Crippen molar-refractivity contribution in [1.29, 1.82) is 0 Å². The standard InChI is InChI=1S/C11H9FN6O/c12-8-5(2-1-3-14-8)4-6-15-7-9(16-6)17-11(13)18-10(7)19/h1-3H,4H2,(H4,13,15,16,17,18,19). The minimum absolute atomic E-state index is 0.0110. The Balaban J connectivity index is 2.05. The Hall–Kier alpha value is -2.77. The van der Waals surface area contributed by atoms with Crippen molar-refractivity contribution in [3.05, 3.63) is 46.0 Å². The SMILES string of the molecule is Nc1nc2nc(Cc3cccnc3F)[nH]c2c(=O)[nH]1. The third-order valence-corrected chi connectivity index (χ3v) is 2.62. The van der Waals surface area contributed by atoms with Crippen LogP contribution in [0.3, 0.4) is 0 Å². The van der Waals surface area contributed by atoms with E-state index in [2.05, 4.69) is 24.9 Å². The highest BCUT2D eigenvalue weighted by atomic mass is 19.1. The molecule has 0 amide bonds.